The molecule has 0 radical (unpaired) electrons. The molecule has 5 heterocycles. The molecule has 3 N–H and O–H groups in total. The second-order valence-electron chi connectivity index (χ2n) is 8.66. The van der Waals surface area contributed by atoms with Crippen LogP contribution in [-0.2, 0) is 11.2 Å². The molecular weight excluding hydrogens is 452 g/mol. The number of hydrogen-bond donors (Lipinski definition) is 3. The van der Waals surface area contributed by atoms with Gasteiger partial charge in [-0.2, -0.15) is 5.10 Å². The molecule has 35 heavy (non-hydrogen) atoms. The minimum atomic E-state index is -0.250. The zero-order valence-electron chi connectivity index (χ0n) is 20.2. The number of amides is 2. The number of aryl methyl sites for hydroxylation is 1. The van der Waals surface area contributed by atoms with Crippen LogP contribution < -0.4 is 25.2 Å². The average Bonchev–Trinajstić information content (AvgIpc) is 3.40. The van der Waals surface area contributed by atoms with Gasteiger partial charge in [0.1, 0.15) is 11.6 Å². The number of piperazine rings is 1. The fraction of sp³-hybridized carbons (Fsp3) is 0.435. The summed E-state index contributed by atoms with van der Waals surface area (Å²) in [5.41, 5.74) is 3.48. The minimum absolute atomic E-state index is 0.241. The molecule has 3 aromatic rings. The number of anilines is 3. The highest BCUT2D eigenvalue weighted by Crippen LogP contribution is 2.35. The van der Waals surface area contributed by atoms with Gasteiger partial charge in [-0.25, -0.2) is 19.3 Å². The van der Waals surface area contributed by atoms with E-state index in [2.05, 4.69) is 50.5 Å². The summed E-state index contributed by atoms with van der Waals surface area (Å²) < 4.78 is 7.10. The van der Waals surface area contributed by atoms with Crippen molar-refractivity contribution in [1.29, 1.82) is 0 Å². The molecule has 2 amide bonds. The van der Waals surface area contributed by atoms with E-state index in [4.69, 9.17) is 14.6 Å². The Morgan fingerprint density at radius 3 is 2.71 bits per heavy atom. The third kappa shape index (κ3) is 4.97. The smallest absolute Gasteiger partial charge is 0.327 e. The zero-order chi connectivity index (χ0) is 25.1. The number of carboxylic acid groups (broad SMARTS) is 1. The summed E-state index contributed by atoms with van der Waals surface area (Å²) in [5, 5.41) is 17.7. The number of aromatic nitrogens is 4. The normalized spacial score (nSPS) is 19.1. The molecule has 12 heteroatoms. The van der Waals surface area contributed by atoms with Crippen molar-refractivity contribution in [3.05, 3.63) is 35.9 Å². The molecule has 3 aromatic heterocycles. The summed E-state index contributed by atoms with van der Waals surface area (Å²) in [7, 11) is 1.56. The van der Waals surface area contributed by atoms with Gasteiger partial charge >= 0.3 is 6.03 Å². The van der Waals surface area contributed by atoms with Crippen molar-refractivity contribution in [2.75, 3.05) is 41.9 Å². The third-order valence-electron chi connectivity index (χ3n) is 6.00. The summed E-state index contributed by atoms with van der Waals surface area (Å²) in [4.78, 5) is 34.6. The molecule has 0 spiro atoms. The number of nitrogens with zero attached hydrogens (tertiary/aromatic N) is 6. The van der Waals surface area contributed by atoms with Crippen molar-refractivity contribution in [1.82, 2.24) is 24.9 Å². The lowest BCUT2D eigenvalue weighted by atomic mass is 10.1. The number of hydrogen-bond acceptors (Lipinski definition) is 8. The van der Waals surface area contributed by atoms with Crippen LogP contribution in [0.1, 0.15) is 25.2 Å². The van der Waals surface area contributed by atoms with Crippen LogP contribution in [-0.4, -0.2) is 76.0 Å². The van der Waals surface area contributed by atoms with Gasteiger partial charge in [-0.15, -0.1) is 0 Å². The molecule has 2 aliphatic heterocycles. The van der Waals surface area contributed by atoms with E-state index in [1.165, 1.54) is 5.69 Å². The zero-order valence-corrected chi connectivity index (χ0v) is 20.2. The lowest BCUT2D eigenvalue weighted by molar-refractivity contribution is -0.122. The molecule has 0 aliphatic carbocycles. The minimum Gasteiger partial charge on any atom is -0.493 e. The predicted molar refractivity (Wildman–Crippen MR) is 132 cm³/mol. The molecule has 0 bridgehead atoms. The number of carbonyl (C=O) groups is 2. The Hall–Kier alpha value is -3.93. The summed E-state index contributed by atoms with van der Waals surface area (Å²) >= 11 is 0. The summed E-state index contributed by atoms with van der Waals surface area (Å²) in [6.07, 6.45) is 4.28. The van der Waals surface area contributed by atoms with Crippen molar-refractivity contribution < 1.29 is 19.4 Å². The van der Waals surface area contributed by atoms with E-state index in [0.717, 1.165) is 30.9 Å². The highest BCUT2D eigenvalue weighted by molar-refractivity contribution is 6.04. The van der Waals surface area contributed by atoms with E-state index < -0.39 is 0 Å². The van der Waals surface area contributed by atoms with Gasteiger partial charge in [-0.05, 0) is 33.3 Å². The lowest BCUT2D eigenvalue weighted by Crippen LogP contribution is -2.54. The summed E-state index contributed by atoms with van der Waals surface area (Å²) in [6, 6.07) is 4.41. The monoisotopic (exact) mass is 482 g/mol. The molecule has 0 saturated carbocycles. The van der Waals surface area contributed by atoms with E-state index in [-0.39, 0.29) is 12.5 Å². The number of carbonyl (C=O) groups excluding carboxylic acids is 1. The van der Waals surface area contributed by atoms with Crippen molar-refractivity contribution in [3.63, 3.8) is 0 Å². The Kier molecular flexibility index (Phi) is 7.01. The predicted octanol–water partition coefficient (Wildman–Crippen LogP) is 1.92. The second kappa shape index (κ2) is 10.1. The van der Waals surface area contributed by atoms with Gasteiger partial charge in [-0.3, -0.25) is 9.69 Å². The first kappa shape index (κ1) is 24.2. The summed E-state index contributed by atoms with van der Waals surface area (Å²) in [6.45, 7) is 8.42. The molecule has 0 aromatic carbocycles. The molecule has 1 saturated heterocycles. The van der Waals surface area contributed by atoms with Crippen molar-refractivity contribution >= 4 is 35.3 Å². The maximum absolute atomic E-state index is 13.2. The topological polar surface area (TPSA) is 137 Å². The number of nitrogens with one attached hydrogen (secondary N) is 2. The van der Waals surface area contributed by atoms with Crippen LogP contribution in [0.3, 0.4) is 0 Å². The van der Waals surface area contributed by atoms with E-state index >= 15 is 0 Å². The fourth-order valence-corrected chi connectivity index (χ4v) is 4.75. The number of ether oxygens (including phenoxy) is 1. The Bertz CT molecular complexity index is 1220. The van der Waals surface area contributed by atoms with Gasteiger partial charge in [0.15, 0.2) is 11.4 Å². The number of methoxy groups -OCH3 is 1. The van der Waals surface area contributed by atoms with E-state index in [1.807, 2.05) is 6.92 Å². The van der Waals surface area contributed by atoms with Gasteiger partial charge in [-0.1, -0.05) is 0 Å². The number of urea groups is 1. The molecule has 2 atom stereocenters. The standard InChI is InChI=1S/C22H28N8O2.CH2O2/c1-13-10-28(11-14(2)24-13)18-5-7-23-21-16(18)6-8-29(21)22(31)26-17-9-20-25-15(3)27-30(20)12-19(17)32-4;2-1-3/h5,7,9,12-14,24H,6,8,10-11H2,1-4H3,(H,26,31);1H,(H,2,3)/t13-,14+;. The number of pyridine rings is 2. The highest BCUT2D eigenvalue weighted by Gasteiger charge is 2.31. The second-order valence-corrected chi connectivity index (χ2v) is 8.66. The van der Waals surface area contributed by atoms with Crippen LogP contribution in [0.4, 0.5) is 22.0 Å². The first-order chi connectivity index (χ1) is 16.8. The Morgan fingerprint density at radius 1 is 1.31 bits per heavy atom. The van der Waals surface area contributed by atoms with E-state index in [1.54, 1.807) is 35.0 Å². The van der Waals surface area contributed by atoms with Crippen molar-refractivity contribution in [2.24, 2.45) is 0 Å². The quantitative estimate of drug-likeness (QED) is 0.478. The van der Waals surface area contributed by atoms with Gasteiger partial charge in [0.2, 0.25) is 0 Å². The average molecular weight is 483 g/mol. The van der Waals surface area contributed by atoms with Gasteiger partial charge in [0.05, 0.1) is 19.0 Å². The molecule has 186 valence electrons. The molecule has 1 fully saturated rings. The van der Waals surface area contributed by atoms with Gasteiger partial charge in [0.25, 0.3) is 6.47 Å². The molecule has 12 nitrogen and oxygen atoms in total. The highest BCUT2D eigenvalue weighted by atomic mass is 16.5. The maximum Gasteiger partial charge on any atom is 0.327 e. The van der Waals surface area contributed by atoms with Crippen LogP contribution in [0.15, 0.2) is 24.5 Å². The SMILES string of the molecule is COc1cn2nc(C)nc2cc1NC(=O)N1CCc2c(N3C[C@@H](C)N[C@@H](C)C3)ccnc21.O=CO. The van der Waals surface area contributed by atoms with Gasteiger partial charge in [0, 0.05) is 55.2 Å². The van der Waals surface area contributed by atoms with Crippen LogP contribution in [0, 0.1) is 6.92 Å². The molecule has 0 unspecified atom stereocenters. The molecule has 5 rings (SSSR count). The van der Waals surface area contributed by atoms with Crippen LogP contribution in [0.25, 0.3) is 5.65 Å². The number of fused-ring (bicyclic) bond motifs is 2. The van der Waals surface area contributed by atoms with E-state index in [0.29, 0.717) is 41.5 Å². The van der Waals surface area contributed by atoms with Crippen LogP contribution >= 0.6 is 0 Å². The van der Waals surface area contributed by atoms with Gasteiger partial charge < -0.3 is 25.4 Å². The maximum atomic E-state index is 13.2. The van der Waals surface area contributed by atoms with E-state index in [9.17, 15) is 4.79 Å². The largest absolute Gasteiger partial charge is 0.493 e. The fourth-order valence-electron chi connectivity index (χ4n) is 4.75. The first-order valence-electron chi connectivity index (χ1n) is 11.4. The summed E-state index contributed by atoms with van der Waals surface area (Å²) in [5.74, 6) is 1.88. The van der Waals surface area contributed by atoms with Crippen LogP contribution in [0.2, 0.25) is 0 Å². The Morgan fingerprint density at radius 2 is 2.03 bits per heavy atom. The lowest BCUT2D eigenvalue weighted by Gasteiger charge is -2.38. The van der Waals surface area contributed by atoms with Crippen molar-refractivity contribution in [2.45, 2.75) is 39.3 Å². The first-order valence-corrected chi connectivity index (χ1v) is 11.4. The van der Waals surface area contributed by atoms with Crippen molar-refractivity contribution in [3.8, 4) is 5.75 Å². The number of rotatable bonds is 3. The van der Waals surface area contributed by atoms with Crippen LogP contribution in [0.5, 0.6) is 5.75 Å². The Balaban J connectivity index is 0.000000917. The third-order valence-corrected chi connectivity index (χ3v) is 6.00. The molecular formula is C23H30N8O4. The molecule has 2 aliphatic rings. The Labute approximate surface area is 202 Å².